The first kappa shape index (κ1) is 26.2. The second-order valence-corrected chi connectivity index (χ2v) is 11.1. The van der Waals surface area contributed by atoms with Gasteiger partial charge in [-0.1, -0.05) is 0 Å². The van der Waals surface area contributed by atoms with Crippen LogP contribution in [-0.4, -0.2) is 81.4 Å². The largest absolute Gasteiger partial charge is 0.463 e. The second kappa shape index (κ2) is 11.5. The van der Waals surface area contributed by atoms with Crippen molar-refractivity contribution in [1.82, 2.24) is 0 Å². The topological polar surface area (TPSA) is 149 Å². The number of ether oxygens (including phenoxy) is 5. The molecule has 0 aromatic heterocycles. The zero-order chi connectivity index (χ0) is 23.1. The zero-order valence-electron chi connectivity index (χ0n) is 17.3. The molecule has 1 saturated heterocycles. The molecule has 11 nitrogen and oxygen atoms in total. The Morgan fingerprint density at radius 2 is 1.27 bits per heavy atom. The smallest absolute Gasteiger partial charge is 0.303 e. The van der Waals surface area contributed by atoms with Crippen LogP contribution in [0.15, 0.2) is 0 Å². The predicted octanol–water partition coefficient (Wildman–Crippen LogP) is 0.195. The molecular formula is C17H26O11S2. The highest BCUT2D eigenvalue weighted by molar-refractivity contribution is 8.71. The average Bonchev–Trinajstić information content (AvgIpc) is 2.55. The molecule has 172 valence electrons. The van der Waals surface area contributed by atoms with Crippen LogP contribution < -0.4 is 0 Å². The summed E-state index contributed by atoms with van der Waals surface area (Å²) in [7, 11) is -2.66. The molecule has 1 heterocycles. The molecule has 1 aliphatic rings. The minimum atomic E-state index is -3.33. The van der Waals surface area contributed by atoms with Gasteiger partial charge in [0.1, 0.15) is 12.7 Å². The van der Waals surface area contributed by atoms with Crippen molar-refractivity contribution in [3.05, 3.63) is 0 Å². The van der Waals surface area contributed by atoms with E-state index < -0.39 is 63.3 Å². The van der Waals surface area contributed by atoms with E-state index in [1.165, 1.54) is 6.92 Å². The van der Waals surface area contributed by atoms with Gasteiger partial charge in [0.05, 0.1) is 6.10 Å². The molecule has 0 bridgehead atoms. The molecule has 5 atom stereocenters. The fraction of sp³-hybridized carbons (Fsp3) is 0.765. The lowest BCUT2D eigenvalue weighted by atomic mass is 9.93. The van der Waals surface area contributed by atoms with Crippen LogP contribution in [0.1, 0.15) is 34.1 Å². The lowest BCUT2D eigenvalue weighted by molar-refractivity contribution is -0.252. The van der Waals surface area contributed by atoms with Gasteiger partial charge in [0.25, 0.3) is 0 Å². The zero-order valence-corrected chi connectivity index (χ0v) is 18.9. The summed E-state index contributed by atoms with van der Waals surface area (Å²) in [5.74, 6) is -2.68. The second-order valence-electron chi connectivity index (χ2n) is 6.55. The Labute approximate surface area is 178 Å². The highest BCUT2D eigenvalue weighted by Gasteiger charge is 2.51. The Morgan fingerprint density at radius 1 is 0.800 bits per heavy atom. The van der Waals surface area contributed by atoms with Crippen molar-refractivity contribution in [3.63, 3.8) is 0 Å². The lowest BCUT2D eigenvalue weighted by Gasteiger charge is -2.44. The fourth-order valence-corrected chi connectivity index (χ4v) is 4.69. The first-order chi connectivity index (χ1) is 13.8. The van der Waals surface area contributed by atoms with Crippen LogP contribution in [0.5, 0.6) is 0 Å². The number of carbonyl (C=O) groups is 4. The number of rotatable bonds is 9. The van der Waals surface area contributed by atoms with Crippen molar-refractivity contribution in [2.24, 2.45) is 0 Å². The maximum atomic E-state index is 11.7. The van der Waals surface area contributed by atoms with E-state index in [1.54, 1.807) is 0 Å². The molecule has 1 rings (SSSR count). The quantitative estimate of drug-likeness (QED) is 0.257. The highest BCUT2D eigenvalue weighted by Crippen LogP contribution is 2.31. The monoisotopic (exact) mass is 470 g/mol. The minimum absolute atomic E-state index is 0.0899. The van der Waals surface area contributed by atoms with Crippen LogP contribution in [0.2, 0.25) is 0 Å². The summed E-state index contributed by atoms with van der Waals surface area (Å²) in [6, 6.07) is 0. The Balaban J connectivity index is 3.25. The van der Waals surface area contributed by atoms with Gasteiger partial charge in [0, 0.05) is 39.7 Å². The maximum Gasteiger partial charge on any atom is 0.303 e. The molecule has 1 aliphatic heterocycles. The van der Waals surface area contributed by atoms with E-state index in [-0.39, 0.29) is 18.8 Å². The summed E-state index contributed by atoms with van der Waals surface area (Å²) < 4.78 is 49.5. The minimum Gasteiger partial charge on any atom is -0.463 e. The third-order valence-electron chi connectivity index (χ3n) is 3.79. The van der Waals surface area contributed by atoms with Crippen molar-refractivity contribution in [3.8, 4) is 0 Å². The number of hydrogen-bond acceptors (Lipinski definition) is 12. The van der Waals surface area contributed by atoms with Gasteiger partial charge < -0.3 is 23.7 Å². The maximum absolute atomic E-state index is 11.7. The fourth-order valence-electron chi connectivity index (χ4n) is 2.87. The molecule has 0 aromatic rings. The molecule has 1 fully saturated rings. The summed E-state index contributed by atoms with van der Waals surface area (Å²) >= 11 is 0. The molecular weight excluding hydrogens is 444 g/mol. The SMILES string of the molecule is CC(=O)OC[C@H]1O[C@H](CCSS(C)(=O)=O)[C@@H](OC(C)=O)[C@@H](OC(C)=O)[C@@H]1OC(C)=O. The van der Waals surface area contributed by atoms with Gasteiger partial charge in [-0.05, 0) is 17.2 Å². The Kier molecular flexibility index (Phi) is 10.0. The van der Waals surface area contributed by atoms with Crippen LogP contribution in [0.25, 0.3) is 0 Å². The van der Waals surface area contributed by atoms with Crippen molar-refractivity contribution < 1.29 is 51.3 Å². The van der Waals surface area contributed by atoms with Crippen LogP contribution in [0.3, 0.4) is 0 Å². The molecule has 0 aromatic carbocycles. The third-order valence-corrected chi connectivity index (χ3v) is 6.40. The molecule has 13 heteroatoms. The summed E-state index contributed by atoms with van der Waals surface area (Å²) in [4.78, 5) is 46.2. The number of carbonyl (C=O) groups excluding carboxylic acids is 4. The van der Waals surface area contributed by atoms with E-state index in [0.29, 0.717) is 10.8 Å². The molecule has 0 aliphatic carbocycles. The Hall–Kier alpha value is -1.86. The molecule has 0 amide bonds. The normalized spacial score (nSPS) is 26.4. The first-order valence-electron chi connectivity index (χ1n) is 8.95. The van der Waals surface area contributed by atoms with Crippen molar-refractivity contribution >= 4 is 43.5 Å². The average molecular weight is 471 g/mol. The number of hydrogen-bond donors (Lipinski definition) is 0. The lowest BCUT2D eigenvalue weighted by Crippen LogP contribution is -2.62. The summed E-state index contributed by atoms with van der Waals surface area (Å²) in [5, 5.41) is 0. The summed E-state index contributed by atoms with van der Waals surface area (Å²) in [6.45, 7) is 4.24. The van der Waals surface area contributed by atoms with Crippen LogP contribution in [-0.2, 0) is 51.7 Å². The molecule has 0 unspecified atom stereocenters. The van der Waals surface area contributed by atoms with E-state index in [1.807, 2.05) is 0 Å². The summed E-state index contributed by atoms with van der Waals surface area (Å²) in [5.41, 5.74) is 0. The molecule has 30 heavy (non-hydrogen) atoms. The Morgan fingerprint density at radius 3 is 1.70 bits per heavy atom. The van der Waals surface area contributed by atoms with Crippen molar-refractivity contribution in [2.45, 2.75) is 64.6 Å². The first-order valence-corrected chi connectivity index (χ1v) is 12.3. The molecule has 0 radical (unpaired) electrons. The van der Waals surface area contributed by atoms with E-state index in [9.17, 15) is 27.6 Å². The van der Waals surface area contributed by atoms with E-state index >= 15 is 0 Å². The highest BCUT2D eigenvalue weighted by atomic mass is 33.1. The van der Waals surface area contributed by atoms with Gasteiger partial charge in [-0.2, -0.15) is 0 Å². The van der Waals surface area contributed by atoms with E-state index in [4.69, 9.17) is 23.7 Å². The number of esters is 4. The van der Waals surface area contributed by atoms with Crippen LogP contribution >= 0.6 is 10.8 Å². The predicted molar refractivity (Wildman–Crippen MR) is 104 cm³/mol. The summed E-state index contributed by atoms with van der Waals surface area (Å²) in [6.07, 6.45) is -4.47. The van der Waals surface area contributed by atoms with Gasteiger partial charge in [-0.15, -0.1) is 0 Å². The molecule has 0 saturated carbocycles. The van der Waals surface area contributed by atoms with Gasteiger partial charge in [-0.25, -0.2) is 8.42 Å². The standard InChI is InChI=1S/C17H26O11S2/c1-9(18)24-8-14-16(26-11(3)20)17(27-12(4)21)15(25-10(2)19)13(28-14)6-7-29-30(5,22)23/h13-17H,6-8H2,1-5H3/t13-,14-,15-,16-,17-/m1/s1. The van der Waals surface area contributed by atoms with Gasteiger partial charge >= 0.3 is 23.9 Å². The third kappa shape index (κ3) is 9.30. The van der Waals surface area contributed by atoms with Gasteiger partial charge in [0.2, 0.25) is 0 Å². The van der Waals surface area contributed by atoms with Crippen molar-refractivity contribution in [1.29, 1.82) is 0 Å². The molecule has 0 N–H and O–H groups in total. The van der Waals surface area contributed by atoms with Gasteiger partial charge in [0.15, 0.2) is 27.2 Å². The van der Waals surface area contributed by atoms with Crippen LogP contribution in [0, 0.1) is 0 Å². The molecule has 0 spiro atoms. The van der Waals surface area contributed by atoms with Crippen LogP contribution in [0.4, 0.5) is 0 Å². The van der Waals surface area contributed by atoms with E-state index in [0.717, 1.165) is 27.0 Å². The van der Waals surface area contributed by atoms with Gasteiger partial charge in [-0.3, -0.25) is 19.2 Å². The van der Waals surface area contributed by atoms with Crippen molar-refractivity contribution in [2.75, 3.05) is 18.6 Å². The van der Waals surface area contributed by atoms with E-state index in [2.05, 4.69) is 0 Å². The Bertz CT molecular complexity index is 749.